The molecule has 9 nitrogen and oxygen atoms in total. The Balaban J connectivity index is 4.47. The Bertz CT molecular complexity index is 1000. The summed E-state index contributed by atoms with van der Waals surface area (Å²) in [6, 6.07) is 0. The zero-order valence-corrected chi connectivity index (χ0v) is 36.1. The van der Waals surface area contributed by atoms with Gasteiger partial charge in [-0.15, -0.1) is 0 Å². The Morgan fingerprint density at radius 2 is 0.982 bits per heavy atom. The quantitative estimate of drug-likeness (QED) is 0.0215. The standard InChI is InChI=1S/C46H83NO8/c1-6-8-10-12-14-16-18-20-21-22-23-25-27-29-31-33-35-37-44(49)55-42(41-54-46(45(50)51)52-39-38-47(3,4)5)40-53-43(48)36-34-32-30-28-26-24-19-17-15-13-11-9-7-2/h14,16-17,19-21,42,46H,6-13,15,18,22-41H2,1-5H3/p+1/b16-14-,19-17-,21-20-. The number of carbonyl (C=O) groups excluding carboxylic acids is 2. The fourth-order valence-corrected chi connectivity index (χ4v) is 5.86. The SMILES string of the molecule is CCCCC/C=C\C/C=C\CCCCCCCCCC(=O)OC(COC(=O)CCCCCCC/C=C\CCCCCC)COC(OCC[N+](C)(C)C)C(=O)O. The van der Waals surface area contributed by atoms with Crippen LogP contribution in [0.25, 0.3) is 0 Å². The van der Waals surface area contributed by atoms with Crippen molar-refractivity contribution in [1.82, 2.24) is 0 Å². The highest BCUT2D eigenvalue weighted by Gasteiger charge is 2.25. The van der Waals surface area contributed by atoms with Gasteiger partial charge < -0.3 is 28.5 Å². The molecule has 0 spiro atoms. The molecule has 0 saturated heterocycles. The van der Waals surface area contributed by atoms with Crippen LogP contribution in [-0.2, 0) is 33.3 Å². The molecule has 2 atom stereocenters. The van der Waals surface area contributed by atoms with E-state index in [2.05, 4.69) is 50.3 Å². The minimum Gasteiger partial charge on any atom is -0.477 e. The Hall–Kier alpha value is -2.49. The van der Waals surface area contributed by atoms with Gasteiger partial charge in [0.15, 0.2) is 6.10 Å². The van der Waals surface area contributed by atoms with Crippen molar-refractivity contribution >= 4 is 17.9 Å². The third-order valence-electron chi connectivity index (χ3n) is 9.37. The molecule has 0 aliphatic carbocycles. The lowest BCUT2D eigenvalue weighted by Crippen LogP contribution is -2.40. The van der Waals surface area contributed by atoms with Crippen LogP contribution < -0.4 is 0 Å². The number of unbranched alkanes of at least 4 members (excludes halogenated alkanes) is 19. The summed E-state index contributed by atoms with van der Waals surface area (Å²) in [5.41, 5.74) is 0. The van der Waals surface area contributed by atoms with E-state index in [0.29, 0.717) is 23.9 Å². The Morgan fingerprint density at radius 3 is 1.49 bits per heavy atom. The summed E-state index contributed by atoms with van der Waals surface area (Å²) in [5, 5.41) is 9.62. The van der Waals surface area contributed by atoms with Crippen molar-refractivity contribution in [3.63, 3.8) is 0 Å². The van der Waals surface area contributed by atoms with Crippen LogP contribution >= 0.6 is 0 Å². The zero-order chi connectivity index (χ0) is 40.7. The number of carboxylic acids is 1. The van der Waals surface area contributed by atoms with Gasteiger partial charge in [0.2, 0.25) is 0 Å². The van der Waals surface area contributed by atoms with E-state index in [1.807, 2.05) is 21.1 Å². The minimum absolute atomic E-state index is 0.184. The van der Waals surface area contributed by atoms with Crippen molar-refractivity contribution in [1.29, 1.82) is 0 Å². The van der Waals surface area contributed by atoms with Crippen molar-refractivity contribution < 1.29 is 42.9 Å². The van der Waals surface area contributed by atoms with Gasteiger partial charge in [-0.3, -0.25) is 9.59 Å². The van der Waals surface area contributed by atoms with Crippen molar-refractivity contribution in [2.75, 3.05) is 47.5 Å². The second-order valence-corrected chi connectivity index (χ2v) is 16.0. The second kappa shape index (κ2) is 38.4. The van der Waals surface area contributed by atoms with Gasteiger partial charge in [0.05, 0.1) is 34.4 Å². The molecule has 0 aliphatic rings. The summed E-state index contributed by atoms with van der Waals surface area (Å²) in [6.07, 6.45) is 39.1. The van der Waals surface area contributed by atoms with Crippen LogP contribution in [0.4, 0.5) is 0 Å². The van der Waals surface area contributed by atoms with Crippen LogP contribution in [0.15, 0.2) is 36.5 Å². The maximum atomic E-state index is 12.7. The molecule has 9 heteroatoms. The van der Waals surface area contributed by atoms with Gasteiger partial charge in [-0.25, -0.2) is 4.79 Å². The molecule has 0 bridgehead atoms. The first-order valence-corrected chi connectivity index (χ1v) is 22.2. The predicted molar refractivity (Wildman–Crippen MR) is 226 cm³/mol. The number of aliphatic carboxylic acids is 1. The number of carboxylic acid groups (broad SMARTS) is 1. The first-order valence-electron chi connectivity index (χ1n) is 22.2. The minimum atomic E-state index is -1.51. The first kappa shape index (κ1) is 52.5. The molecule has 0 aromatic carbocycles. The molecule has 55 heavy (non-hydrogen) atoms. The van der Waals surface area contributed by atoms with Gasteiger partial charge in [-0.1, -0.05) is 134 Å². The topological polar surface area (TPSA) is 108 Å². The number of carbonyl (C=O) groups is 3. The number of esters is 2. The summed E-state index contributed by atoms with van der Waals surface area (Å²) in [6.45, 7) is 4.80. The van der Waals surface area contributed by atoms with Gasteiger partial charge in [0.25, 0.3) is 6.29 Å². The number of hydrogen-bond donors (Lipinski definition) is 1. The lowest BCUT2D eigenvalue weighted by atomic mass is 10.1. The van der Waals surface area contributed by atoms with E-state index >= 15 is 0 Å². The maximum Gasteiger partial charge on any atom is 0.361 e. The van der Waals surface area contributed by atoms with Crippen molar-refractivity contribution in [3.8, 4) is 0 Å². The molecule has 320 valence electrons. The summed E-state index contributed by atoms with van der Waals surface area (Å²) in [7, 11) is 5.95. The molecule has 2 unspecified atom stereocenters. The second-order valence-electron chi connectivity index (χ2n) is 16.0. The number of allylic oxidation sites excluding steroid dienone is 6. The van der Waals surface area contributed by atoms with Gasteiger partial charge in [-0.2, -0.15) is 0 Å². The molecular weight excluding hydrogens is 695 g/mol. The molecule has 1 N–H and O–H groups in total. The van der Waals surface area contributed by atoms with E-state index in [0.717, 1.165) is 70.6 Å². The van der Waals surface area contributed by atoms with E-state index in [9.17, 15) is 19.5 Å². The van der Waals surface area contributed by atoms with Crippen LogP contribution in [0.2, 0.25) is 0 Å². The molecule has 0 saturated carbocycles. The first-order chi connectivity index (χ1) is 26.6. The highest BCUT2D eigenvalue weighted by Crippen LogP contribution is 2.13. The molecule has 0 aliphatic heterocycles. The normalized spacial score (nSPS) is 13.3. The fourth-order valence-electron chi connectivity index (χ4n) is 5.86. The fraction of sp³-hybridized carbons (Fsp3) is 0.804. The number of hydrogen-bond acceptors (Lipinski definition) is 7. The van der Waals surface area contributed by atoms with E-state index in [1.165, 1.54) is 77.0 Å². The molecule has 0 fully saturated rings. The summed E-state index contributed by atoms with van der Waals surface area (Å²) in [5.74, 6) is -2.03. The van der Waals surface area contributed by atoms with E-state index in [4.69, 9.17) is 18.9 Å². The monoisotopic (exact) mass is 779 g/mol. The number of nitrogens with zero attached hydrogens (tertiary/aromatic N) is 1. The van der Waals surface area contributed by atoms with Gasteiger partial charge in [0, 0.05) is 12.8 Å². The molecule has 0 rings (SSSR count). The van der Waals surface area contributed by atoms with Crippen LogP contribution in [-0.4, -0.2) is 87.4 Å². The molecule has 0 aromatic heterocycles. The van der Waals surface area contributed by atoms with Crippen molar-refractivity contribution in [2.24, 2.45) is 0 Å². The lowest BCUT2D eigenvalue weighted by Gasteiger charge is -2.25. The van der Waals surface area contributed by atoms with E-state index in [-0.39, 0.29) is 32.2 Å². The number of ether oxygens (including phenoxy) is 4. The summed E-state index contributed by atoms with van der Waals surface area (Å²) in [4.78, 5) is 37.1. The Morgan fingerprint density at radius 1 is 0.545 bits per heavy atom. The molecule has 0 heterocycles. The average molecular weight is 779 g/mol. The predicted octanol–water partition coefficient (Wildman–Crippen LogP) is 11.4. The van der Waals surface area contributed by atoms with Crippen molar-refractivity contribution in [2.45, 2.75) is 193 Å². The highest BCUT2D eigenvalue weighted by molar-refractivity contribution is 5.71. The van der Waals surface area contributed by atoms with Gasteiger partial charge in [-0.05, 0) is 70.6 Å². The third kappa shape index (κ3) is 39.5. The lowest BCUT2D eigenvalue weighted by molar-refractivity contribution is -0.870. The maximum absolute atomic E-state index is 12.7. The van der Waals surface area contributed by atoms with E-state index in [1.54, 1.807) is 0 Å². The molecule has 0 radical (unpaired) electrons. The van der Waals surface area contributed by atoms with Gasteiger partial charge in [0.1, 0.15) is 13.2 Å². The van der Waals surface area contributed by atoms with E-state index < -0.39 is 24.3 Å². The third-order valence-corrected chi connectivity index (χ3v) is 9.37. The van der Waals surface area contributed by atoms with Crippen molar-refractivity contribution in [3.05, 3.63) is 36.5 Å². The number of likely N-dealkylation sites (N-methyl/N-ethyl adjacent to an activating group) is 1. The van der Waals surface area contributed by atoms with Gasteiger partial charge >= 0.3 is 17.9 Å². The van der Waals surface area contributed by atoms with Crippen LogP contribution in [0.3, 0.4) is 0 Å². The Labute approximate surface area is 337 Å². The zero-order valence-electron chi connectivity index (χ0n) is 36.1. The molecule has 0 amide bonds. The smallest absolute Gasteiger partial charge is 0.361 e. The molecular formula is C46H84NO8+. The van der Waals surface area contributed by atoms with Crippen LogP contribution in [0.5, 0.6) is 0 Å². The number of quaternary nitrogens is 1. The summed E-state index contributed by atoms with van der Waals surface area (Å²) < 4.78 is 22.7. The van der Waals surface area contributed by atoms with Crippen LogP contribution in [0.1, 0.15) is 181 Å². The Kier molecular flexibility index (Phi) is 36.6. The average Bonchev–Trinajstić information content (AvgIpc) is 3.14. The number of rotatable bonds is 40. The molecule has 0 aromatic rings. The highest BCUT2D eigenvalue weighted by atomic mass is 16.7. The van der Waals surface area contributed by atoms with Crippen LogP contribution in [0, 0.1) is 0 Å². The summed E-state index contributed by atoms with van der Waals surface area (Å²) >= 11 is 0. The largest absolute Gasteiger partial charge is 0.477 e.